The van der Waals surface area contributed by atoms with E-state index in [-0.39, 0.29) is 6.10 Å². The molecule has 0 heterocycles. The van der Waals surface area contributed by atoms with Gasteiger partial charge in [-0.1, -0.05) is 62.3 Å². The first-order chi connectivity index (χ1) is 14.6. The van der Waals surface area contributed by atoms with E-state index in [1.54, 1.807) is 0 Å². The molecule has 0 spiro atoms. The zero-order chi connectivity index (χ0) is 23.6. The third-order valence-corrected chi connectivity index (χ3v) is 14.9. The van der Waals surface area contributed by atoms with E-state index in [0.717, 1.165) is 18.3 Å². The fourth-order valence-electron chi connectivity index (χ4n) is 11.7. The van der Waals surface area contributed by atoms with Crippen LogP contribution >= 0.6 is 0 Å². The Hall–Kier alpha value is -0.0400. The van der Waals surface area contributed by atoms with Crippen LogP contribution in [0.1, 0.15) is 133 Å². The molecule has 0 aromatic heterocycles. The van der Waals surface area contributed by atoms with Crippen molar-refractivity contribution < 1.29 is 5.11 Å². The van der Waals surface area contributed by atoms with Gasteiger partial charge < -0.3 is 5.11 Å². The van der Waals surface area contributed by atoms with E-state index in [2.05, 4.69) is 62.3 Å². The van der Waals surface area contributed by atoms with E-state index in [1.165, 1.54) is 64.2 Å². The molecule has 5 rings (SSSR count). The molecule has 0 bridgehead atoms. The second kappa shape index (κ2) is 6.59. The molecular formula is C31H54O. The van der Waals surface area contributed by atoms with E-state index in [1.807, 2.05) is 0 Å². The van der Waals surface area contributed by atoms with Crippen LogP contribution in [0.3, 0.4) is 0 Å². The normalized spacial score (nSPS) is 61.7. The lowest BCUT2D eigenvalue weighted by Crippen LogP contribution is -2.72. The summed E-state index contributed by atoms with van der Waals surface area (Å²) in [4.78, 5) is 0. The van der Waals surface area contributed by atoms with Gasteiger partial charge in [0.15, 0.2) is 0 Å². The van der Waals surface area contributed by atoms with Gasteiger partial charge in [0.1, 0.15) is 0 Å². The predicted molar refractivity (Wildman–Crippen MR) is 135 cm³/mol. The molecule has 10 atom stereocenters. The first-order valence-corrected chi connectivity index (χ1v) is 14.3. The lowest BCUT2D eigenvalue weighted by molar-refractivity contribution is -0.304. The van der Waals surface area contributed by atoms with E-state index in [4.69, 9.17) is 0 Å². The molecule has 1 N–H and O–H groups in total. The Morgan fingerprint density at radius 3 is 1.75 bits per heavy atom. The van der Waals surface area contributed by atoms with Crippen molar-refractivity contribution in [2.45, 2.75) is 139 Å². The van der Waals surface area contributed by atoms with Crippen LogP contribution in [0.4, 0.5) is 0 Å². The van der Waals surface area contributed by atoms with Gasteiger partial charge in [0.2, 0.25) is 0 Å². The number of aliphatic hydroxyl groups is 1. The number of hydrogen-bond acceptors (Lipinski definition) is 1. The molecule has 0 unspecified atom stereocenters. The predicted octanol–water partition coefficient (Wildman–Crippen LogP) is 8.64. The number of rotatable bonds is 0. The summed E-state index contributed by atoms with van der Waals surface area (Å²) in [6.45, 7) is 23.7. The Bertz CT molecular complexity index is 785. The van der Waals surface area contributed by atoms with Crippen LogP contribution < -0.4 is 0 Å². The number of aliphatic hydroxyl groups excluding tert-OH is 1. The van der Waals surface area contributed by atoms with Crippen LogP contribution in [0.15, 0.2) is 0 Å². The summed E-state index contributed by atoms with van der Waals surface area (Å²) in [7, 11) is 0. The summed E-state index contributed by atoms with van der Waals surface area (Å²) < 4.78 is 0. The van der Waals surface area contributed by atoms with Crippen LogP contribution in [0.25, 0.3) is 0 Å². The van der Waals surface area contributed by atoms with Crippen molar-refractivity contribution >= 4 is 0 Å². The highest BCUT2D eigenvalue weighted by atomic mass is 16.3. The number of fused-ring (bicyclic) bond motifs is 7. The summed E-state index contributed by atoms with van der Waals surface area (Å²) >= 11 is 0. The first kappa shape index (κ1) is 23.7. The smallest absolute Gasteiger partial charge is 0.0571 e. The van der Waals surface area contributed by atoms with Crippen molar-refractivity contribution in [3.05, 3.63) is 0 Å². The van der Waals surface area contributed by atoms with Crippen LogP contribution in [0.5, 0.6) is 0 Å². The minimum atomic E-state index is -0.0893. The Morgan fingerprint density at radius 2 is 1.12 bits per heavy atom. The van der Waals surface area contributed by atoms with Gasteiger partial charge in [0.05, 0.1) is 6.10 Å². The fourth-order valence-corrected chi connectivity index (χ4v) is 11.7. The lowest BCUT2D eigenvalue weighted by atomic mass is 9.26. The van der Waals surface area contributed by atoms with Gasteiger partial charge in [0.25, 0.3) is 0 Å². The summed E-state index contributed by atoms with van der Waals surface area (Å²) in [6, 6.07) is 0. The standard InChI is InChI=1S/C31H54O/c1-21-22(32)10-11-23-27(21,5)15-19-31(9)28(23,6)16-17-29(7)24-20-25(2,3)12-13-26(24,4)14-18-30(29,31)8/h21-24,32H,10-20H2,1-9H3/t21-,22-,23-,24+,26+,27+,28-,29-,30-,31-/m0/s1. The maximum Gasteiger partial charge on any atom is 0.0571 e. The second-order valence-corrected chi connectivity index (χ2v) is 16.1. The van der Waals surface area contributed by atoms with Gasteiger partial charge in [-0.3, -0.25) is 0 Å². The molecule has 0 aromatic carbocycles. The average Bonchev–Trinajstić information content (AvgIpc) is 2.72. The van der Waals surface area contributed by atoms with Gasteiger partial charge in [0, 0.05) is 0 Å². The summed E-state index contributed by atoms with van der Waals surface area (Å²) in [5.41, 5.74) is 3.06. The molecule has 184 valence electrons. The quantitative estimate of drug-likeness (QED) is 0.398. The largest absolute Gasteiger partial charge is 0.393 e. The lowest BCUT2D eigenvalue weighted by Gasteiger charge is -2.79. The summed E-state index contributed by atoms with van der Waals surface area (Å²) in [6.07, 6.45) is 14.9. The second-order valence-electron chi connectivity index (χ2n) is 16.1. The van der Waals surface area contributed by atoms with Crippen LogP contribution in [-0.4, -0.2) is 11.2 Å². The summed E-state index contributed by atoms with van der Waals surface area (Å²) in [5.74, 6) is 2.08. The highest BCUT2D eigenvalue weighted by Crippen LogP contribution is 2.82. The van der Waals surface area contributed by atoms with Crippen molar-refractivity contribution in [3.8, 4) is 0 Å². The Balaban J connectivity index is 1.59. The highest BCUT2D eigenvalue weighted by Gasteiger charge is 2.75. The van der Waals surface area contributed by atoms with Crippen molar-refractivity contribution in [1.82, 2.24) is 0 Å². The van der Waals surface area contributed by atoms with Crippen molar-refractivity contribution in [1.29, 1.82) is 0 Å². The molecule has 32 heavy (non-hydrogen) atoms. The minimum Gasteiger partial charge on any atom is -0.393 e. The third kappa shape index (κ3) is 2.57. The molecule has 0 aromatic rings. The van der Waals surface area contributed by atoms with Crippen molar-refractivity contribution in [2.24, 2.45) is 55.7 Å². The van der Waals surface area contributed by atoms with Crippen LogP contribution in [-0.2, 0) is 0 Å². The van der Waals surface area contributed by atoms with Gasteiger partial charge in [-0.05, 0) is 126 Å². The topological polar surface area (TPSA) is 20.2 Å². The molecule has 0 radical (unpaired) electrons. The molecule has 5 saturated carbocycles. The van der Waals surface area contributed by atoms with Gasteiger partial charge in [-0.2, -0.15) is 0 Å². The molecule has 5 aliphatic carbocycles. The molecule has 0 amide bonds. The molecule has 5 aliphatic rings. The van der Waals surface area contributed by atoms with Gasteiger partial charge in [-0.15, -0.1) is 0 Å². The van der Waals surface area contributed by atoms with E-state index in [9.17, 15) is 5.11 Å². The Labute approximate surface area is 199 Å². The fraction of sp³-hybridized carbons (Fsp3) is 1.00. The zero-order valence-corrected chi connectivity index (χ0v) is 23.0. The average molecular weight is 443 g/mol. The van der Waals surface area contributed by atoms with Crippen molar-refractivity contribution in [3.63, 3.8) is 0 Å². The van der Waals surface area contributed by atoms with Crippen molar-refractivity contribution in [2.75, 3.05) is 0 Å². The van der Waals surface area contributed by atoms with Crippen LogP contribution in [0.2, 0.25) is 0 Å². The van der Waals surface area contributed by atoms with E-state index < -0.39 is 0 Å². The monoisotopic (exact) mass is 442 g/mol. The first-order valence-electron chi connectivity index (χ1n) is 14.3. The summed E-state index contributed by atoms with van der Waals surface area (Å²) in [5, 5.41) is 10.8. The number of hydrogen-bond donors (Lipinski definition) is 1. The SMILES string of the molecule is C[C@H]1[C@@H](O)CC[C@H]2[C@]1(C)CC[C@]1(C)[C@@]3(C)CC[C@@]4(C)CCC(C)(C)C[C@H]4[C@]3(C)CC[C@@]21C. The van der Waals surface area contributed by atoms with E-state index in [0.29, 0.717) is 43.8 Å². The molecule has 0 saturated heterocycles. The Morgan fingerprint density at radius 1 is 0.594 bits per heavy atom. The Kier molecular flexibility index (Phi) is 4.88. The van der Waals surface area contributed by atoms with Gasteiger partial charge >= 0.3 is 0 Å². The third-order valence-electron chi connectivity index (χ3n) is 14.9. The molecule has 5 fully saturated rings. The maximum absolute atomic E-state index is 10.8. The van der Waals surface area contributed by atoms with Crippen LogP contribution in [0, 0.1) is 55.7 Å². The molecule has 0 aliphatic heterocycles. The zero-order valence-electron chi connectivity index (χ0n) is 23.0. The molecule has 1 nitrogen and oxygen atoms in total. The van der Waals surface area contributed by atoms with Gasteiger partial charge in [-0.25, -0.2) is 0 Å². The minimum absolute atomic E-state index is 0.0893. The molecular weight excluding hydrogens is 388 g/mol. The highest BCUT2D eigenvalue weighted by molar-refractivity contribution is 5.23. The molecule has 1 heteroatoms. The maximum atomic E-state index is 10.8. The van der Waals surface area contributed by atoms with E-state index >= 15 is 0 Å².